The lowest BCUT2D eigenvalue weighted by Gasteiger charge is -2.20. The van der Waals surface area contributed by atoms with Crippen molar-refractivity contribution in [3.05, 3.63) is 85.1 Å². The Morgan fingerprint density at radius 2 is 0.965 bits per heavy atom. The van der Waals surface area contributed by atoms with Crippen LogP contribution in [0.2, 0.25) is 0 Å². The second-order valence-electron chi connectivity index (χ2n) is 14.1. The molecule has 0 aliphatic rings. The monoisotopic (exact) mass is 820 g/mol. The van der Waals surface area contributed by atoms with Gasteiger partial charge in [-0.3, -0.25) is 18.6 Å². The first-order valence-electron chi connectivity index (χ1n) is 21.6. The van der Waals surface area contributed by atoms with E-state index < -0.39 is 45.1 Å². The van der Waals surface area contributed by atoms with Gasteiger partial charge in [0.2, 0.25) is 0 Å². The Hall–Kier alpha value is -2.85. The van der Waals surface area contributed by atoms with Gasteiger partial charge >= 0.3 is 19.8 Å². The molecular weight excluding hydrogens is 741 g/mol. The number of esters is 1. The van der Waals surface area contributed by atoms with Crippen molar-refractivity contribution in [3.63, 3.8) is 0 Å². The van der Waals surface area contributed by atoms with Crippen molar-refractivity contribution in [1.82, 2.24) is 0 Å². The fourth-order valence-electron chi connectivity index (χ4n) is 5.37. The maximum absolute atomic E-state index is 12.6. The number of hydrogen-bond acceptors (Lipinski definition) is 8. The Morgan fingerprint density at radius 3 is 1.44 bits per heavy atom. The summed E-state index contributed by atoms with van der Waals surface area (Å²) >= 11 is 0. The second-order valence-corrected chi connectivity index (χ2v) is 15.5. The van der Waals surface area contributed by atoms with E-state index in [0.29, 0.717) is 13.0 Å². The lowest BCUT2D eigenvalue weighted by atomic mass is 10.1. The molecule has 3 unspecified atom stereocenters. The first-order valence-corrected chi connectivity index (χ1v) is 23.1. The molecule has 0 aromatic carbocycles. The number of nitrogens with two attached hydrogens (primary N) is 1. The largest absolute Gasteiger partial charge is 0.480 e. The van der Waals surface area contributed by atoms with E-state index in [1.54, 1.807) is 0 Å². The van der Waals surface area contributed by atoms with Crippen LogP contribution in [0.4, 0.5) is 0 Å². The number of phosphoric acid groups is 1. The predicted molar refractivity (Wildman–Crippen MR) is 235 cm³/mol. The highest BCUT2D eigenvalue weighted by molar-refractivity contribution is 7.47. The van der Waals surface area contributed by atoms with E-state index in [-0.39, 0.29) is 13.0 Å². The van der Waals surface area contributed by atoms with Gasteiger partial charge in [-0.25, -0.2) is 4.57 Å². The van der Waals surface area contributed by atoms with Crippen LogP contribution in [0.15, 0.2) is 85.1 Å². The number of carboxylic acid groups (broad SMARTS) is 1. The van der Waals surface area contributed by atoms with Gasteiger partial charge in [-0.05, 0) is 83.5 Å². The summed E-state index contributed by atoms with van der Waals surface area (Å²) in [5.74, 6) is -1.81. The molecule has 11 heteroatoms. The van der Waals surface area contributed by atoms with Crippen molar-refractivity contribution in [2.45, 2.75) is 167 Å². The first kappa shape index (κ1) is 54.2. The van der Waals surface area contributed by atoms with E-state index in [2.05, 4.69) is 98.9 Å². The smallest absolute Gasteiger partial charge is 0.472 e. The molecule has 0 radical (unpaired) electrons. The van der Waals surface area contributed by atoms with Gasteiger partial charge in [0, 0.05) is 13.0 Å². The molecule has 0 fully saturated rings. The molecular formula is C46H78NO9P. The van der Waals surface area contributed by atoms with Crippen molar-refractivity contribution in [1.29, 1.82) is 0 Å². The molecule has 0 rings (SSSR count). The maximum atomic E-state index is 12.6. The lowest BCUT2D eigenvalue weighted by molar-refractivity contribution is -0.154. The Bertz CT molecular complexity index is 1220. The molecule has 0 aromatic heterocycles. The molecule has 0 amide bonds. The van der Waals surface area contributed by atoms with Crippen LogP contribution in [-0.2, 0) is 32.7 Å². The number of carboxylic acids is 1. The van der Waals surface area contributed by atoms with Gasteiger partial charge in [0.05, 0.1) is 19.8 Å². The fraction of sp³-hybridized carbons (Fsp3) is 0.652. The van der Waals surface area contributed by atoms with Gasteiger partial charge in [0.15, 0.2) is 0 Å². The van der Waals surface area contributed by atoms with E-state index in [0.717, 1.165) is 116 Å². The second kappa shape index (κ2) is 41.3. The molecule has 10 nitrogen and oxygen atoms in total. The molecule has 57 heavy (non-hydrogen) atoms. The highest BCUT2D eigenvalue weighted by Gasteiger charge is 2.27. The molecule has 0 heterocycles. The molecule has 0 aromatic rings. The fourth-order valence-corrected chi connectivity index (χ4v) is 6.15. The molecule has 0 spiro atoms. The topological polar surface area (TPSA) is 155 Å². The molecule has 0 bridgehead atoms. The summed E-state index contributed by atoms with van der Waals surface area (Å²) in [5, 5.41) is 8.90. The number of aliphatic carboxylic acids is 1. The van der Waals surface area contributed by atoms with Gasteiger partial charge in [0.25, 0.3) is 0 Å². The minimum absolute atomic E-state index is 0.00335. The van der Waals surface area contributed by atoms with Crippen LogP contribution in [0.5, 0.6) is 0 Å². The molecule has 0 saturated carbocycles. The predicted octanol–water partition coefficient (Wildman–Crippen LogP) is 12.0. The first-order chi connectivity index (χ1) is 27.7. The quantitative estimate of drug-likeness (QED) is 0.0235. The van der Waals surface area contributed by atoms with Gasteiger partial charge in [0.1, 0.15) is 12.1 Å². The number of unbranched alkanes of at least 4 members (excludes halogenated alkanes) is 12. The highest BCUT2D eigenvalue weighted by atomic mass is 31.2. The average Bonchev–Trinajstić information content (AvgIpc) is 3.19. The van der Waals surface area contributed by atoms with E-state index >= 15 is 0 Å². The summed E-state index contributed by atoms with van der Waals surface area (Å²) in [6.07, 6.45) is 52.0. The van der Waals surface area contributed by atoms with Gasteiger partial charge in [-0.15, -0.1) is 0 Å². The van der Waals surface area contributed by atoms with Crippen molar-refractivity contribution >= 4 is 19.8 Å². The Kier molecular flexibility index (Phi) is 39.2. The minimum Gasteiger partial charge on any atom is -0.480 e. The number of rotatable bonds is 40. The third-order valence-corrected chi connectivity index (χ3v) is 9.62. The lowest BCUT2D eigenvalue weighted by Crippen LogP contribution is -2.34. The Balaban J connectivity index is 4.31. The van der Waals surface area contributed by atoms with Crippen LogP contribution < -0.4 is 5.73 Å². The number of phosphoric ester groups is 1. The molecule has 3 atom stereocenters. The van der Waals surface area contributed by atoms with Crippen molar-refractivity contribution in [3.8, 4) is 0 Å². The number of carbonyl (C=O) groups is 2. The van der Waals surface area contributed by atoms with Gasteiger partial charge in [-0.1, -0.05) is 150 Å². The van der Waals surface area contributed by atoms with E-state index in [1.807, 2.05) is 0 Å². The average molecular weight is 820 g/mol. The molecule has 326 valence electrons. The van der Waals surface area contributed by atoms with Crippen molar-refractivity contribution < 1.29 is 42.7 Å². The maximum Gasteiger partial charge on any atom is 0.472 e. The zero-order valence-corrected chi connectivity index (χ0v) is 36.3. The minimum atomic E-state index is -4.63. The van der Waals surface area contributed by atoms with Crippen LogP contribution in [0.1, 0.15) is 155 Å². The Labute approximate surface area is 346 Å². The molecule has 4 N–H and O–H groups in total. The zero-order valence-electron chi connectivity index (χ0n) is 35.4. The molecule has 0 aliphatic carbocycles. The normalized spacial score (nSPS) is 14.7. The standard InChI is InChI=1S/C46H78NO9P/c1-3-5-7-9-11-13-15-17-19-21-22-23-24-26-28-30-32-34-36-38-45(48)56-43(41-54-57(51,52)55-42-44(47)46(49)50)40-53-39-37-35-33-31-29-27-25-20-18-16-14-12-10-8-6-4-2/h5-8,11-14,17-20,22-23,43-44H,3-4,9-10,15-16,21,24-42,47H2,1-2H3,(H,49,50)(H,51,52)/b7-5-,8-6-,13-11-,14-12-,19-17-,20-18-,23-22-. The summed E-state index contributed by atoms with van der Waals surface area (Å²) in [6, 6.07) is -1.48. The summed E-state index contributed by atoms with van der Waals surface area (Å²) < 4.78 is 33.3. The molecule has 0 aliphatic heterocycles. The van der Waals surface area contributed by atoms with Crippen molar-refractivity contribution in [2.24, 2.45) is 5.73 Å². The summed E-state index contributed by atoms with van der Waals surface area (Å²) in [4.78, 5) is 33.5. The van der Waals surface area contributed by atoms with Crippen molar-refractivity contribution in [2.75, 3.05) is 26.4 Å². The van der Waals surface area contributed by atoms with E-state index in [1.165, 1.54) is 12.8 Å². The number of hydrogen-bond donors (Lipinski definition) is 3. The number of allylic oxidation sites excluding steroid dienone is 14. The SMILES string of the molecule is CC/C=C\C/C=C\C/C=C\C/C=C\CCCCCCCCC(=O)OC(COCCCCCCCC/C=C\C/C=C\C/C=C\CC)COP(=O)(O)OCC(N)C(=O)O. The summed E-state index contributed by atoms with van der Waals surface area (Å²) in [6.45, 7) is 3.59. The van der Waals surface area contributed by atoms with Crippen LogP contribution in [0.3, 0.4) is 0 Å². The van der Waals surface area contributed by atoms with E-state index in [4.69, 9.17) is 29.4 Å². The van der Waals surface area contributed by atoms with E-state index in [9.17, 15) is 19.0 Å². The summed E-state index contributed by atoms with van der Waals surface area (Å²) in [7, 11) is -4.63. The highest BCUT2D eigenvalue weighted by Crippen LogP contribution is 2.43. The van der Waals surface area contributed by atoms with Crippen LogP contribution in [0.25, 0.3) is 0 Å². The van der Waals surface area contributed by atoms with Crippen LogP contribution in [0, 0.1) is 0 Å². The van der Waals surface area contributed by atoms with Crippen LogP contribution in [-0.4, -0.2) is 60.5 Å². The van der Waals surface area contributed by atoms with Gasteiger partial charge < -0.3 is 25.2 Å². The Morgan fingerprint density at radius 1 is 0.561 bits per heavy atom. The number of carbonyl (C=O) groups excluding carboxylic acids is 1. The number of ether oxygens (including phenoxy) is 2. The zero-order chi connectivity index (χ0) is 41.9. The third-order valence-electron chi connectivity index (χ3n) is 8.67. The van der Waals surface area contributed by atoms with Crippen LogP contribution >= 0.6 is 7.82 Å². The van der Waals surface area contributed by atoms with Gasteiger partial charge in [-0.2, -0.15) is 0 Å². The third kappa shape index (κ3) is 41.1. The molecule has 0 saturated heterocycles. The summed E-state index contributed by atoms with van der Waals surface area (Å²) in [5.41, 5.74) is 5.35.